The van der Waals surface area contributed by atoms with E-state index in [2.05, 4.69) is 25.5 Å². The highest BCUT2D eigenvalue weighted by Gasteiger charge is 2.25. The Morgan fingerprint density at radius 2 is 1.94 bits per heavy atom. The molecule has 0 saturated carbocycles. The van der Waals surface area contributed by atoms with Gasteiger partial charge in [0.1, 0.15) is 12.1 Å². The van der Waals surface area contributed by atoms with Gasteiger partial charge in [-0.15, -0.1) is 0 Å². The molecule has 9 heteroatoms. The Balaban J connectivity index is 1.36. The fraction of sp³-hybridized carbons (Fsp3) is 0.370. The summed E-state index contributed by atoms with van der Waals surface area (Å²) in [6.45, 7) is 5.44. The SMILES string of the molecule is CC(Nc1ncnc2ccc(NC(=O)C=CC(F)(F)CCCN3CCOCC3)cc12)c1ccccc1. The molecule has 0 bridgehead atoms. The maximum Gasteiger partial charge on any atom is 0.267 e. The second-order valence-corrected chi connectivity index (χ2v) is 8.87. The number of carbonyl (C=O) groups excluding carboxylic acids is 1. The molecule has 1 aliphatic heterocycles. The van der Waals surface area contributed by atoms with Crippen molar-refractivity contribution in [2.75, 3.05) is 43.5 Å². The van der Waals surface area contributed by atoms with E-state index < -0.39 is 11.8 Å². The first-order valence-corrected chi connectivity index (χ1v) is 12.1. The Morgan fingerprint density at radius 1 is 1.17 bits per heavy atom. The Kier molecular flexibility index (Phi) is 8.56. The molecule has 1 aliphatic rings. The summed E-state index contributed by atoms with van der Waals surface area (Å²) in [5, 5.41) is 6.76. The summed E-state index contributed by atoms with van der Waals surface area (Å²) in [7, 11) is 0. The van der Waals surface area contributed by atoms with Crippen LogP contribution in [0, 0.1) is 0 Å². The number of anilines is 2. The molecule has 3 aromatic rings. The molecule has 1 saturated heterocycles. The molecule has 7 nitrogen and oxygen atoms in total. The number of nitrogens with zero attached hydrogens (tertiary/aromatic N) is 3. The maximum absolute atomic E-state index is 14.3. The summed E-state index contributed by atoms with van der Waals surface area (Å²) in [5.41, 5.74) is 2.27. The summed E-state index contributed by atoms with van der Waals surface area (Å²) in [6.07, 6.45) is 3.10. The van der Waals surface area contributed by atoms with Gasteiger partial charge < -0.3 is 15.4 Å². The first-order valence-electron chi connectivity index (χ1n) is 12.1. The first-order chi connectivity index (χ1) is 17.4. The monoisotopic (exact) mass is 495 g/mol. The van der Waals surface area contributed by atoms with E-state index >= 15 is 0 Å². The average Bonchev–Trinajstić information content (AvgIpc) is 2.89. The molecule has 1 aromatic heterocycles. The Bertz CT molecular complexity index is 1180. The fourth-order valence-corrected chi connectivity index (χ4v) is 4.11. The van der Waals surface area contributed by atoms with Crippen molar-refractivity contribution in [3.05, 3.63) is 72.6 Å². The van der Waals surface area contributed by atoms with Crippen LogP contribution in [0.2, 0.25) is 0 Å². The number of fused-ring (bicyclic) bond motifs is 1. The molecule has 2 aromatic carbocycles. The normalized spacial score (nSPS) is 15.8. The third-order valence-corrected chi connectivity index (χ3v) is 6.12. The van der Waals surface area contributed by atoms with E-state index in [1.165, 1.54) is 6.33 Å². The second kappa shape index (κ2) is 12.0. The standard InChI is InChI=1S/C27H31F2N5O2/c1-20(21-6-3-2-4-7-21)32-26-23-18-22(8-9-24(23)30-19-31-26)33-25(35)10-12-27(28,29)11-5-13-34-14-16-36-17-15-34/h2-4,6-10,12,18-20H,5,11,13-17H2,1H3,(H,33,35)(H,30,31,32). The van der Waals surface area contributed by atoms with Crippen LogP contribution in [0.5, 0.6) is 0 Å². The predicted octanol–water partition coefficient (Wildman–Crippen LogP) is 5.05. The topological polar surface area (TPSA) is 79.4 Å². The number of benzene rings is 2. The molecule has 2 N–H and O–H groups in total. The van der Waals surface area contributed by atoms with Crippen molar-refractivity contribution in [3.8, 4) is 0 Å². The molecule has 2 heterocycles. The zero-order chi connectivity index (χ0) is 25.4. The number of alkyl halides is 2. The Labute approximate surface area is 209 Å². The number of halogens is 2. The van der Waals surface area contributed by atoms with Gasteiger partial charge in [0.25, 0.3) is 5.92 Å². The van der Waals surface area contributed by atoms with E-state index in [-0.39, 0.29) is 12.5 Å². The number of rotatable bonds is 10. The number of nitrogens with one attached hydrogen (secondary N) is 2. The van der Waals surface area contributed by atoms with Crippen LogP contribution in [0.25, 0.3) is 10.9 Å². The molecular weight excluding hydrogens is 464 g/mol. The van der Waals surface area contributed by atoms with E-state index in [0.29, 0.717) is 49.3 Å². The lowest BCUT2D eigenvalue weighted by atomic mass is 10.1. The number of morpholine rings is 1. The quantitative estimate of drug-likeness (QED) is 0.384. The lowest BCUT2D eigenvalue weighted by Gasteiger charge is -2.26. The molecular formula is C27H31F2N5O2. The fourth-order valence-electron chi connectivity index (χ4n) is 4.11. The van der Waals surface area contributed by atoms with Crippen LogP contribution in [0.1, 0.15) is 31.4 Å². The number of aromatic nitrogens is 2. The van der Waals surface area contributed by atoms with E-state index in [9.17, 15) is 13.6 Å². The smallest absolute Gasteiger partial charge is 0.267 e. The largest absolute Gasteiger partial charge is 0.379 e. The summed E-state index contributed by atoms with van der Waals surface area (Å²) in [5.74, 6) is -3.05. The third-order valence-electron chi connectivity index (χ3n) is 6.12. The molecule has 190 valence electrons. The van der Waals surface area contributed by atoms with Crippen molar-refractivity contribution < 1.29 is 18.3 Å². The summed E-state index contributed by atoms with van der Waals surface area (Å²) < 4.78 is 33.8. The summed E-state index contributed by atoms with van der Waals surface area (Å²) in [4.78, 5) is 23.1. The van der Waals surface area contributed by atoms with Gasteiger partial charge in [0.05, 0.1) is 18.7 Å². The van der Waals surface area contributed by atoms with Gasteiger partial charge in [0.2, 0.25) is 5.91 Å². The molecule has 1 fully saturated rings. The molecule has 1 atom stereocenters. The van der Waals surface area contributed by atoms with Gasteiger partial charge in [-0.25, -0.2) is 18.7 Å². The minimum Gasteiger partial charge on any atom is -0.379 e. The van der Waals surface area contributed by atoms with Crippen molar-refractivity contribution in [1.82, 2.24) is 14.9 Å². The van der Waals surface area contributed by atoms with Crippen LogP contribution in [0.4, 0.5) is 20.3 Å². The lowest BCUT2D eigenvalue weighted by Crippen LogP contribution is -2.37. The Hall–Kier alpha value is -3.43. The van der Waals surface area contributed by atoms with Crippen molar-refractivity contribution in [3.63, 3.8) is 0 Å². The average molecular weight is 496 g/mol. The van der Waals surface area contributed by atoms with Gasteiger partial charge in [-0.3, -0.25) is 9.69 Å². The summed E-state index contributed by atoms with van der Waals surface area (Å²) in [6, 6.07) is 15.1. The van der Waals surface area contributed by atoms with Crippen LogP contribution in [-0.4, -0.2) is 59.5 Å². The predicted molar refractivity (Wildman–Crippen MR) is 137 cm³/mol. The van der Waals surface area contributed by atoms with Gasteiger partial charge in [0.15, 0.2) is 0 Å². The van der Waals surface area contributed by atoms with Crippen LogP contribution in [0.15, 0.2) is 67.0 Å². The zero-order valence-corrected chi connectivity index (χ0v) is 20.3. The minimum atomic E-state index is -3.05. The van der Waals surface area contributed by atoms with Crippen molar-refractivity contribution in [1.29, 1.82) is 0 Å². The van der Waals surface area contributed by atoms with E-state index in [1.807, 2.05) is 37.3 Å². The van der Waals surface area contributed by atoms with Gasteiger partial charge in [-0.2, -0.15) is 0 Å². The van der Waals surface area contributed by atoms with Crippen LogP contribution in [-0.2, 0) is 9.53 Å². The second-order valence-electron chi connectivity index (χ2n) is 8.87. The zero-order valence-electron chi connectivity index (χ0n) is 20.3. The van der Waals surface area contributed by atoms with Gasteiger partial charge in [-0.1, -0.05) is 30.3 Å². The number of amides is 1. The van der Waals surface area contributed by atoms with Crippen LogP contribution in [0.3, 0.4) is 0 Å². The van der Waals surface area contributed by atoms with Crippen LogP contribution >= 0.6 is 0 Å². The third kappa shape index (κ3) is 7.29. The lowest BCUT2D eigenvalue weighted by molar-refractivity contribution is -0.112. The molecule has 1 amide bonds. The highest BCUT2D eigenvalue weighted by Crippen LogP contribution is 2.27. The molecule has 36 heavy (non-hydrogen) atoms. The first kappa shape index (κ1) is 25.7. The van der Waals surface area contributed by atoms with E-state index in [4.69, 9.17) is 4.74 Å². The molecule has 1 unspecified atom stereocenters. The number of hydrogen-bond donors (Lipinski definition) is 2. The van der Waals surface area contributed by atoms with E-state index in [0.717, 1.165) is 30.1 Å². The highest BCUT2D eigenvalue weighted by molar-refractivity contribution is 6.01. The number of allylic oxidation sites excluding steroid dienone is 1. The minimum absolute atomic E-state index is 0.00374. The van der Waals surface area contributed by atoms with Crippen molar-refractivity contribution in [2.24, 2.45) is 0 Å². The number of hydrogen-bond acceptors (Lipinski definition) is 6. The van der Waals surface area contributed by atoms with Gasteiger partial charge in [0, 0.05) is 42.7 Å². The van der Waals surface area contributed by atoms with Crippen LogP contribution < -0.4 is 10.6 Å². The molecule has 4 rings (SSSR count). The van der Waals surface area contributed by atoms with Gasteiger partial charge in [-0.05, 0) is 49.7 Å². The highest BCUT2D eigenvalue weighted by atomic mass is 19.3. The number of ether oxygens (including phenoxy) is 1. The molecule has 0 spiro atoms. The number of carbonyl (C=O) groups is 1. The molecule has 0 radical (unpaired) electrons. The van der Waals surface area contributed by atoms with Crippen molar-refractivity contribution >= 4 is 28.3 Å². The van der Waals surface area contributed by atoms with Crippen molar-refractivity contribution in [2.45, 2.75) is 31.7 Å². The van der Waals surface area contributed by atoms with E-state index in [1.54, 1.807) is 18.2 Å². The molecule has 0 aliphatic carbocycles. The van der Waals surface area contributed by atoms with Gasteiger partial charge >= 0.3 is 0 Å². The maximum atomic E-state index is 14.3. The summed E-state index contributed by atoms with van der Waals surface area (Å²) >= 11 is 0. The Morgan fingerprint density at radius 3 is 2.72 bits per heavy atom.